The van der Waals surface area contributed by atoms with E-state index in [4.69, 9.17) is 19.2 Å². The molecule has 0 N–H and O–H groups in total. The molecule has 0 atom stereocenters. The number of unbranched alkanes of at least 4 members (excludes halogenated alkanes) is 27. The molecule has 56 heavy (non-hydrogen) atoms. The Kier molecular flexibility index (Phi) is 26.3. The SMILES string of the molecule is CCCCCCCCCCCCOc1cc2cc(C#N)c3nc(C)ccc3c2c(OCCCCCCCCCCCC)c1OCCCCCCCCCCCC. The molecular formula is C51H82N2O3. The second-order valence-electron chi connectivity index (χ2n) is 16.6. The molecule has 1 heterocycles. The number of rotatable bonds is 36. The van der Waals surface area contributed by atoms with Gasteiger partial charge in [-0.1, -0.05) is 200 Å². The first-order valence-corrected chi connectivity index (χ1v) is 23.8. The molecule has 0 unspecified atom stereocenters. The predicted molar refractivity (Wildman–Crippen MR) is 241 cm³/mol. The third-order valence-electron chi connectivity index (χ3n) is 11.5. The van der Waals surface area contributed by atoms with E-state index in [-0.39, 0.29) is 0 Å². The Morgan fingerprint density at radius 3 is 1.30 bits per heavy atom. The molecule has 0 saturated carbocycles. The van der Waals surface area contributed by atoms with E-state index in [0.717, 1.165) is 70.3 Å². The average molecular weight is 771 g/mol. The summed E-state index contributed by atoms with van der Waals surface area (Å²) in [7, 11) is 0. The first-order valence-electron chi connectivity index (χ1n) is 23.8. The minimum Gasteiger partial charge on any atom is -0.490 e. The third kappa shape index (κ3) is 18.5. The van der Waals surface area contributed by atoms with E-state index in [0.29, 0.717) is 25.4 Å². The molecule has 3 aromatic rings. The van der Waals surface area contributed by atoms with Crippen LogP contribution in [0, 0.1) is 18.3 Å². The zero-order valence-electron chi connectivity index (χ0n) is 36.8. The number of hydrogen-bond acceptors (Lipinski definition) is 5. The highest BCUT2D eigenvalue weighted by atomic mass is 16.5. The van der Waals surface area contributed by atoms with Gasteiger partial charge in [0.25, 0.3) is 0 Å². The topological polar surface area (TPSA) is 64.4 Å². The number of aryl methyl sites for hydroxylation is 1. The second-order valence-corrected chi connectivity index (χ2v) is 16.6. The number of hydrogen-bond donors (Lipinski definition) is 0. The molecule has 0 aliphatic carbocycles. The molecule has 2 aromatic carbocycles. The smallest absolute Gasteiger partial charge is 0.204 e. The van der Waals surface area contributed by atoms with Crippen molar-refractivity contribution >= 4 is 21.7 Å². The summed E-state index contributed by atoms with van der Waals surface area (Å²) in [6.45, 7) is 10.7. The van der Waals surface area contributed by atoms with Crippen molar-refractivity contribution in [2.24, 2.45) is 0 Å². The molecule has 5 heteroatoms. The summed E-state index contributed by atoms with van der Waals surface area (Å²) in [6, 6.07) is 10.6. The van der Waals surface area contributed by atoms with Crippen molar-refractivity contribution in [2.45, 2.75) is 220 Å². The van der Waals surface area contributed by atoms with Gasteiger partial charge in [-0.2, -0.15) is 5.26 Å². The van der Waals surface area contributed by atoms with Gasteiger partial charge in [0, 0.05) is 16.5 Å². The molecule has 0 aliphatic heterocycles. The second kappa shape index (κ2) is 31.0. The summed E-state index contributed by atoms with van der Waals surface area (Å²) < 4.78 is 20.2. The molecule has 0 saturated heterocycles. The fraction of sp³-hybridized carbons (Fsp3) is 0.725. The number of ether oxygens (including phenoxy) is 3. The minimum absolute atomic E-state index is 0.580. The molecule has 0 aliphatic rings. The standard InChI is InChI=1S/C51H82N2O3/c1-5-8-11-14-17-20-23-26-29-32-37-54-47-41-44-40-45(42-52)49-46(36-35-43(4)53-49)48(44)51(56-39-34-31-28-25-22-19-16-13-10-7-3)50(47)55-38-33-30-27-24-21-18-15-12-9-6-2/h35-36,40-41H,5-34,37-39H2,1-4H3. The van der Waals surface area contributed by atoms with Crippen molar-refractivity contribution < 1.29 is 14.2 Å². The van der Waals surface area contributed by atoms with Crippen molar-refractivity contribution in [2.75, 3.05) is 19.8 Å². The van der Waals surface area contributed by atoms with Crippen LogP contribution in [0.1, 0.15) is 225 Å². The summed E-state index contributed by atoms with van der Waals surface area (Å²) in [5, 5.41) is 13.1. The van der Waals surface area contributed by atoms with Gasteiger partial charge in [-0.3, -0.25) is 4.98 Å². The van der Waals surface area contributed by atoms with Crippen LogP contribution in [-0.2, 0) is 0 Å². The summed E-state index contributed by atoms with van der Waals surface area (Å²) in [6.07, 6.45) is 38.6. The lowest BCUT2D eigenvalue weighted by Crippen LogP contribution is -2.07. The van der Waals surface area contributed by atoms with E-state index in [1.165, 1.54) is 167 Å². The molecule has 0 bridgehead atoms. The number of nitrogens with zero attached hydrogens (tertiary/aromatic N) is 2. The van der Waals surface area contributed by atoms with Crippen molar-refractivity contribution in [3.05, 3.63) is 35.5 Å². The van der Waals surface area contributed by atoms with Crippen LogP contribution in [0.2, 0.25) is 0 Å². The van der Waals surface area contributed by atoms with Crippen molar-refractivity contribution in [1.82, 2.24) is 4.98 Å². The zero-order chi connectivity index (χ0) is 39.9. The first-order chi connectivity index (χ1) is 27.6. The van der Waals surface area contributed by atoms with E-state index in [2.05, 4.69) is 39.0 Å². The lowest BCUT2D eigenvalue weighted by Gasteiger charge is -2.21. The van der Waals surface area contributed by atoms with Crippen molar-refractivity contribution in [3.63, 3.8) is 0 Å². The summed E-state index contributed by atoms with van der Waals surface area (Å²) >= 11 is 0. The Balaban J connectivity index is 1.74. The fourth-order valence-electron chi connectivity index (χ4n) is 7.98. The predicted octanol–water partition coefficient (Wildman–Crippen LogP) is 16.5. The van der Waals surface area contributed by atoms with Crippen LogP contribution in [0.15, 0.2) is 24.3 Å². The monoisotopic (exact) mass is 771 g/mol. The summed E-state index contributed by atoms with van der Waals surface area (Å²) in [5.74, 6) is 2.21. The van der Waals surface area contributed by atoms with E-state index in [9.17, 15) is 5.26 Å². The van der Waals surface area contributed by atoms with Crippen molar-refractivity contribution in [1.29, 1.82) is 5.26 Å². The van der Waals surface area contributed by atoms with Crippen LogP contribution in [0.3, 0.4) is 0 Å². The van der Waals surface area contributed by atoms with E-state index in [1.54, 1.807) is 0 Å². The maximum atomic E-state index is 10.2. The normalized spacial score (nSPS) is 11.4. The quantitative estimate of drug-likeness (QED) is 0.0435. The Morgan fingerprint density at radius 2 is 0.875 bits per heavy atom. The molecule has 0 spiro atoms. The third-order valence-corrected chi connectivity index (χ3v) is 11.5. The maximum Gasteiger partial charge on any atom is 0.204 e. The molecular weight excluding hydrogens is 689 g/mol. The van der Waals surface area contributed by atoms with Gasteiger partial charge >= 0.3 is 0 Å². The Bertz CT molecular complexity index is 1490. The van der Waals surface area contributed by atoms with Gasteiger partial charge in [0.1, 0.15) is 6.07 Å². The molecule has 3 rings (SSSR count). The molecule has 5 nitrogen and oxygen atoms in total. The first kappa shape index (κ1) is 47.4. The number of fused-ring (bicyclic) bond motifs is 3. The maximum absolute atomic E-state index is 10.2. The fourth-order valence-corrected chi connectivity index (χ4v) is 7.98. The van der Waals surface area contributed by atoms with Crippen LogP contribution in [0.5, 0.6) is 17.2 Å². The summed E-state index contributed by atoms with van der Waals surface area (Å²) in [4.78, 5) is 4.84. The average Bonchev–Trinajstić information content (AvgIpc) is 3.20. The van der Waals surface area contributed by atoms with Crippen LogP contribution in [0.25, 0.3) is 21.7 Å². The number of benzene rings is 2. The van der Waals surface area contributed by atoms with Crippen LogP contribution >= 0.6 is 0 Å². The number of aromatic nitrogens is 1. The minimum atomic E-state index is 0.580. The Hall–Kier alpha value is -3.00. The molecule has 314 valence electrons. The zero-order valence-corrected chi connectivity index (χ0v) is 36.8. The van der Waals surface area contributed by atoms with Crippen LogP contribution in [0.4, 0.5) is 0 Å². The Morgan fingerprint density at radius 1 is 0.482 bits per heavy atom. The van der Waals surface area contributed by atoms with Gasteiger partial charge in [-0.05, 0) is 49.8 Å². The Labute approximate surface area is 344 Å². The highest BCUT2D eigenvalue weighted by Gasteiger charge is 2.22. The van der Waals surface area contributed by atoms with E-state index >= 15 is 0 Å². The summed E-state index contributed by atoms with van der Waals surface area (Å²) in [5.41, 5.74) is 2.20. The van der Waals surface area contributed by atoms with Gasteiger partial charge in [0.05, 0.1) is 30.9 Å². The molecule has 1 aromatic heterocycles. The lowest BCUT2D eigenvalue weighted by molar-refractivity contribution is 0.236. The molecule has 0 amide bonds. The van der Waals surface area contributed by atoms with E-state index in [1.807, 2.05) is 19.1 Å². The van der Waals surface area contributed by atoms with Crippen molar-refractivity contribution in [3.8, 4) is 23.3 Å². The van der Waals surface area contributed by atoms with Crippen LogP contribution in [-0.4, -0.2) is 24.8 Å². The highest BCUT2D eigenvalue weighted by molar-refractivity contribution is 6.13. The lowest BCUT2D eigenvalue weighted by atomic mass is 9.99. The van der Waals surface area contributed by atoms with E-state index < -0.39 is 0 Å². The highest BCUT2D eigenvalue weighted by Crippen LogP contribution is 2.47. The van der Waals surface area contributed by atoms with Crippen LogP contribution < -0.4 is 14.2 Å². The van der Waals surface area contributed by atoms with Gasteiger partial charge in [-0.15, -0.1) is 0 Å². The molecule has 0 fully saturated rings. The van der Waals surface area contributed by atoms with Gasteiger partial charge in [0.15, 0.2) is 11.5 Å². The largest absolute Gasteiger partial charge is 0.490 e. The van der Waals surface area contributed by atoms with Gasteiger partial charge in [-0.25, -0.2) is 0 Å². The molecule has 0 radical (unpaired) electrons. The van der Waals surface area contributed by atoms with Gasteiger partial charge < -0.3 is 14.2 Å². The number of nitriles is 1. The van der Waals surface area contributed by atoms with Gasteiger partial charge in [0.2, 0.25) is 5.75 Å². The number of pyridine rings is 1.